The molecule has 2 aromatic heterocycles. The lowest BCUT2D eigenvalue weighted by atomic mass is 10.2. The van der Waals surface area contributed by atoms with Crippen molar-refractivity contribution >= 4 is 11.7 Å². The normalized spacial score (nSPS) is 17.4. The average Bonchev–Trinajstić information content (AvgIpc) is 3.25. The smallest absolute Gasteiger partial charge is 0.249 e. The molecule has 2 N–H and O–H groups in total. The molecule has 1 amide bonds. The number of carbonyl (C=O) groups is 1. The molecule has 7 heteroatoms. The second-order valence-corrected chi connectivity index (χ2v) is 5.09. The summed E-state index contributed by atoms with van der Waals surface area (Å²) < 4.78 is 7.21. The van der Waals surface area contributed by atoms with E-state index in [2.05, 4.69) is 20.8 Å². The average molecular weight is 301 g/mol. The fourth-order valence-electron chi connectivity index (χ4n) is 2.32. The van der Waals surface area contributed by atoms with Gasteiger partial charge in [-0.15, -0.1) is 10.2 Å². The van der Waals surface area contributed by atoms with Gasteiger partial charge in [-0.25, -0.2) is 0 Å². The molecule has 1 atom stereocenters. The van der Waals surface area contributed by atoms with Crippen molar-refractivity contribution in [2.45, 2.75) is 18.9 Å². The molecular weight excluding hydrogens is 282 g/mol. The number of hydrogen-bond acceptors (Lipinski definition) is 5. The minimum absolute atomic E-state index is 0.0339. The van der Waals surface area contributed by atoms with Crippen molar-refractivity contribution in [3.63, 3.8) is 0 Å². The summed E-state index contributed by atoms with van der Waals surface area (Å²) in [5.74, 6) is 1.41. The third kappa shape index (κ3) is 3.62. The predicted molar refractivity (Wildman–Crippen MR) is 81.8 cm³/mol. The molecular formula is C15H19N5O2. The number of amides is 1. The minimum Gasteiger partial charge on any atom is -0.368 e. The van der Waals surface area contributed by atoms with Crippen LogP contribution in [-0.2, 0) is 9.53 Å². The molecule has 0 aromatic carbocycles. The summed E-state index contributed by atoms with van der Waals surface area (Å²) >= 11 is 0. The Bertz CT molecular complexity index is 591. The first kappa shape index (κ1) is 14.5. The lowest BCUT2D eigenvalue weighted by Gasteiger charge is -2.11. The summed E-state index contributed by atoms with van der Waals surface area (Å²) in [7, 11) is 0. The first-order valence-electron chi connectivity index (χ1n) is 7.43. The lowest BCUT2D eigenvalue weighted by Crippen LogP contribution is -2.36. The molecule has 2 aromatic rings. The van der Waals surface area contributed by atoms with Gasteiger partial charge < -0.3 is 19.9 Å². The SMILES string of the molecule is O=C(NCCNc1ccc(-n2cccc2)nn1)C1CCCO1. The van der Waals surface area contributed by atoms with Crippen LogP contribution < -0.4 is 10.6 Å². The molecule has 0 radical (unpaired) electrons. The van der Waals surface area contributed by atoms with E-state index in [1.165, 1.54) is 0 Å². The van der Waals surface area contributed by atoms with Crippen LogP contribution in [0.4, 0.5) is 5.82 Å². The lowest BCUT2D eigenvalue weighted by molar-refractivity contribution is -0.129. The van der Waals surface area contributed by atoms with Gasteiger partial charge in [0, 0.05) is 32.1 Å². The zero-order valence-electron chi connectivity index (χ0n) is 12.2. The molecule has 3 heterocycles. The Morgan fingerprint density at radius 3 is 2.82 bits per heavy atom. The number of nitrogens with zero attached hydrogens (tertiary/aromatic N) is 3. The van der Waals surface area contributed by atoms with Crippen LogP contribution >= 0.6 is 0 Å². The maximum absolute atomic E-state index is 11.7. The summed E-state index contributed by atoms with van der Waals surface area (Å²) in [5, 5.41) is 14.2. The number of hydrogen-bond donors (Lipinski definition) is 2. The summed E-state index contributed by atoms with van der Waals surface area (Å²) in [5.41, 5.74) is 0. The standard InChI is InChI=1S/C15H19N5O2/c21-15(12-4-3-11-22-12)17-8-7-16-13-5-6-14(19-18-13)20-9-1-2-10-20/h1-2,5-6,9-10,12H,3-4,7-8,11H2,(H,16,18)(H,17,21). The Labute approximate surface area is 128 Å². The highest BCUT2D eigenvalue weighted by atomic mass is 16.5. The van der Waals surface area contributed by atoms with Crippen LogP contribution in [0.15, 0.2) is 36.7 Å². The molecule has 0 spiro atoms. The molecule has 1 aliphatic heterocycles. The van der Waals surface area contributed by atoms with E-state index in [1.54, 1.807) is 0 Å². The van der Waals surface area contributed by atoms with E-state index in [0.717, 1.165) is 18.7 Å². The Kier molecular flexibility index (Phi) is 4.65. The first-order valence-corrected chi connectivity index (χ1v) is 7.43. The highest BCUT2D eigenvalue weighted by Crippen LogP contribution is 2.11. The fraction of sp³-hybridized carbons (Fsp3) is 0.400. The molecule has 1 saturated heterocycles. The second-order valence-electron chi connectivity index (χ2n) is 5.09. The second kappa shape index (κ2) is 7.04. The van der Waals surface area contributed by atoms with Crippen molar-refractivity contribution in [3.05, 3.63) is 36.7 Å². The van der Waals surface area contributed by atoms with Crippen molar-refractivity contribution in [1.82, 2.24) is 20.1 Å². The number of aromatic nitrogens is 3. The number of carbonyl (C=O) groups excluding carboxylic acids is 1. The molecule has 1 unspecified atom stereocenters. The van der Waals surface area contributed by atoms with Crippen LogP contribution in [0.25, 0.3) is 5.82 Å². The van der Waals surface area contributed by atoms with E-state index in [1.807, 2.05) is 41.2 Å². The van der Waals surface area contributed by atoms with E-state index in [-0.39, 0.29) is 12.0 Å². The van der Waals surface area contributed by atoms with Crippen LogP contribution in [0.3, 0.4) is 0 Å². The van der Waals surface area contributed by atoms with Gasteiger partial charge in [-0.05, 0) is 37.1 Å². The van der Waals surface area contributed by atoms with Crippen LogP contribution in [0, 0.1) is 0 Å². The third-order valence-corrected chi connectivity index (χ3v) is 3.47. The molecule has 7 nitrogen and oxygen atoms in total. The van der Waals surface area contributed by atoms with Gasteiger partial charge in [-0.1, -0.05) is 0 Å². The summed E-state index contributed by atoms with van der Waals surface area (Å²) in [4.78, 5) is 11.7. The molecule has 22 heavy (non-hydrogen) atoms. The molecule has 1 fully saturated rings. The van der Waals surface area contributed by atoms with Crippen LogP contribution in [0.5, 0.6) is 0 Å². The van der Waals surface area contributed by atoms with E-state index in [4.69, 9.17) is 4.74 Å². The zero-order chi connectivity index (χ0) is 15.2. The Balaban J connectivity index is 1.41. The van der Waals surface area contributed by atoms with Crippen molar-refractivity contribution in [3.8, 4) is 5.82 Å². The van der Waals surface area contributed by atoms with Crippen molar-refractivity contribution < 1.29 is 9.53 Å². The number of anilines is 1. The quantitative estimate of drug-likeness (QED) is 0.777. The monoisotopic (exact) mass is 301 g/mol. The van der Waals surface area contributed by atoms with Gasteiger partial charge in [-0.3, -0.25) is 4.79 Å². The number of ether oxygens (including phenoxy) is 1. The third-order valence-electron chi connectivity index (χ3n) is 3.47. The number of nitrogens with one attached hydrogen (secondary N) is 2. The van der Waals surface area contributed by atoms with E-state index < -0.39 is 0 Å². The van der Waals surface area contributed by atoms with Gasteiger partial charge in [0.1, 0.15) is 11.9 Å². The summed E-state index contributed by atoms with van der Waals surface area (Å²) in [6.45, 7) is 1.80. The molecule has 0 saturated carbocycles. The maximum Gasteiger partial charge on any atom is 0.249 e. The molecule has 1 aliphatic rings. The van der Waals surface area contributed by atoms with E-state index in [9.17, 15) is 4.79 Å². The van der Waals surface area contributed by atoms with Crippen LogP contribution in [-0.4, -0.2) is 46.5 Å². The summed E-state index contributed by atoms with van der Waals surface area (Å²) in [6.07, 6.45) is 5.32. The Morgan fingerprint density at radius 1 is 1.27 bits per heavy atom. The van der Waals surface area contributed by atoms with E-state index in [0.29, 0.717) is 25.5 Å². The summed E-state index contributed by atoms with van der Waals surface area (Å²) in [6, 6.07) is 7.62. The highest BCUT2D eigenvalue weighted by Gasteiger charge is 2.22. The highest BCUT2D eigenvalue weighted by molar-refractivity contribution is 5.80. The van der Waals surface area contributed by atoms with Gasteiger partial charge in [0.25, 0.3) is 0 Å². The van der Waals surface area contributed by atoms with Gasteiger partial charge >= 0.3 is 0 Å². The molecule has 3 rings (SSSR count). The van der Waals surface area contributed by atoms with Crippen LogP contribution in [0.2, 0.25) is 0 Å². The molecule has 0 bridgehead atoms. The largest absolute Gasteiger partial charge is 0.368 e. The van der Waals surface area contributed by atoms with Gasteiger partial charge in [0.15, 0.2) is 5.82 Å². The Hall–Kier alpha value is -2.41. The van der Waals surface area contributed by atoms with Gasteiger partial charge in [-0.2, -0.15) is 0 Å². The first-order chi connectivity index (χ1) is 10.8. The Morgan fingerprint density at radius 2 is 2.14 bits per heavy atom. The van der Waals surface area contributed by atoms with Crippen molar-refractivity contribution in [2.75, 3.05) is 25.0 Å². The van der Waals surface area contributed by atoms with Crippen molar-refractivity contribution in [2.24, 2.45) is 0 Å². The van der Waals surface area contributed by atoms with Crippen LogP contribution in [0.1, 0.15) is 12.8 Å². The molecule has 116 valence electrons. The van der Waals surface area contributed by atoms with Crippen molar-refractivity contribution in [1.29, 1.82) is 0 Å². The topological polar surface area (TPSA) is 81.1 Å². The molecule has 0 aliphatic carbocycles. The predicted octanol–water partition coefficient (Wildman–Crippen LogP) is 0.974. The van der Waals surface area contributed by atoms with Gasteiger partial charge in [0.2, 0.25) is 5.91 Å². The number of rotatable bonds is 6. The van der Waals surface area contributed by atoms with E-state index >= 15 is 0 Å². The van der Waals surface area contributed by atoms with Gasteiger partial charge in [0.05, 0.1) is 0 Å². The maximum atomic E-state index is 11.7. The zero-order valence-corrected chi connectivity index (χ0v) is 12.2. The minimum atomic E-state index is -0.277. The fourth-order valence-corrected chi connectivity index (χ4v) is 2.32.